The van der Waals surface area contributed by atoms with Gasteiger partial charge in [0.05, 0.1) is 32.2 Å². The number of methoxy groups -OCH3 is 1. The Morgan fingerprint density at radius 3 is 2.72 bits per heavy atom. The molecule has 1 fully saturated rings. The number of rotatable bonds is 3. The molecule has 0 bridgehead atoms. The summed E-state index contributed by atoms with van der Waals surface area (Å²) in [4.78, 5) is 13.4. The molecule has 1 heterocycles. The van der Waals surface area contributed by atoms with Crippen LogP contribution in [0.15, 0.2) is 18.2 Å². The Kier molecular flexibility index (Phi) is 3.26. The van der Waals surface area contributed by atoms with E-state index in [1.807, 2.05) is 0 Å². The van der Waals surface area contributed by atoms with Crippen LogP contribution in [0, 0.1) is 5.82 Å². The summed E-state index contributed by atoms with van der Waals surface area (Å²) in [5.41, 5.74) is -0.175. The molecule has 5 heteroatoms. The lowest BCUT2D eigenvalue weighted by atomic mass is 9.96. The van der Waals surface area contributed by atoms with Gasteiger partial charge in [-0.25, -0.2) is 4.39 Å². The van der Waals surface area contributed by atoms with Crippen LogP contribution >= 0.6 is 0 Å². The fourth-order valence-corrected chi connectivity index (χ4v) is 2.06. The highest BCUT2D eigenvalue weighted by atomic mass is 19.1. The van der Waals surface area contributed by atoms with Crippen LogP contribution in [0.25, 0.3) is 0 Å². The zero-order chi connectivity index (χ0) is 13.3. The van der Waals surface area contributed by atoms with Gasteiger partial charge < -0.3 is 14.7 Å². The normalized spacial score (nSPS) is 17.2. The van der Waals surface area contributed by atoms with E-state index in [9.17, 15) is 14.3 Å². The van der Waals surface area contributed by atoms with Gasteiger partial charge in [0.15, 0.2) is 11.6 Å². The van der Waals surface area contributed by atoms with Gasteiger partial charge in [-0.05, 0) is 24.6 Å². The zero-order valence-corrected chi connectivity index (χ0v) is 10.4. The maximum absolute atomic E-state index is 13.4. The summed E-state index contributed by atoms with van der Waals surface area (Å²) in [6, 6.07) is 4.47. The molecule has 98 valence electrons. The Bertz CT molecular complexity index is 465. The predicted octanol–water partition coefficient (Wildman–Crippen LogP) is 0.970. The molecule has 1 aliphatic rings. The van der Waals surface area contributed by atoms with Crippen molar-refractivity contribution < 1.29 is 19.0 Å². The number of ether oxygens (including phenoxy) is 1. The summed E-state index contributed by atoms with van der Waals surface area (Å²) in [6.07, 6.45) is 0.136. The lowest BCUT2D eigenvalue weighted by Crippen LogP contribution is -2.62. The average molecular weight is 253 g/mol. The maximum atomic E-state index is 13.4. The number of carbonyl (C=O) groups is 1. The molecule has 1 saturated heterocycles. The van der Waals surface area contributed by atoms with Crippen molar-refractivity contribution in [2.24, 2.45) is 0 Å². The minimum absolute atomic E-state index is 0.105. The van der Waals surface area contributed by atoms with Crippen LogP contribution in [0.1, 0.15) is 12.5 Å². The Balaban J connectivity index is 1.98. The van der Waals surface area contributed by atoms with Crippen molar-refractivity contribution in [3.63, 3.8) is 0 Å². The molecule has 0 unspecified atom stereocenters. The van der Waals surface area contributed by atoms with Crippen LogP contribution in [0.4, 0.5) is 4.39 Å². The molecule has 1 amide bonds. The van der Waals surface area contributed by atoms with Gasteiger partial charge >= 0.3 is 0 Å². The molecule has 0 radical (unpaired) electrons. The first-order valence-electron chi connectivity index (χ1n) is 5.74. The summed E-state index contributed by atoms with van der Waals surface area (Å²) < 4.78 is 18.2. The molecule has 4 nitrogen and oxygen atoms in total. The summed E-state index contributed by atoms with van der Waals surface area (Å²) in [6.45, 7) is 2.36. The highest BCUT2D eigenvalue weighted by molar-refractivity contribution is 5.79. The summed E-state index contributed by atoms with van der Waals surface area (Å²) >= 11 is 0. The van der Waals surface area contributed by atoms with Crippen LogP contribution in [0.2, 0.25) is 0 Å². The topological polar surface area (TPSA) is 49.8 Å². The van der Waals surface area contributed by atoms with Gasteiger partial charge in [0.2, 0.25) is 5.91 Å². The first-order chi connectivity index (χ1) is 8.41. The van der Waals surface area contributed by atoms with Crippen molar-refractivity contribution in [2.75, 3.05) is 20.2 Å². The number of aliphatic hydroxyl groups is 1. The molecule has 0 saturated carbocycles. The van der Waals surface area contributed by atoms with Crippen molar-refractivity contribution in [3.05, 3.63) is 29.6 Å². The van der Waals surface area contributed by atoms with E-state index in [1.54, 1.807) is 17.9 Å². The van der Waals surface area contributed by atoms with Crippen LogP contribution < -0.4 is 4.74 Å². The smallest absolute Gasteiger partial charge is 0.227 e. The quantitative estimate of drug-likeness (QED) is 0.873. The molecule has 1 aromatic rings. The fourth-order valence-electron chi connectivity index (χ4n) is 2.06. The molecule has 2 rings (SSSR count). The summed E-state index contributed by atoms with van der Waals surface area (Å²) in [5, 5.41) is 9.54. The van der Waals surface area contributed by atoms with Crippen molar-refractivity contribution >= 4 is 5.91 Å². The van der Waals surface area contributed by atoms with E-state index in [4.69, 9.17) is 4.74 Å². The Morgan fingerprint density at radius 2 is 2.22 bits per heavy atom. The minimum atomic E-state index is -0.777. The molecular formula is C13H16FNO3. The van der Waals surface area contributed by atoms with Crippen molar-refractivity contribution in [1.82, 2.24) is 4.90 Å². The van der Waals surface area contributed by atoms with Gasteiger partial charge in [-0.3, -0.25) is 4.79 Å². The van der Waals surface area contributed by atoms with Crippen molar-refractivity contribution in [2.45, 2.75) is 18.9 Å². The van der Waals surface area contributed by atoms with Crippen LogP contribution in [-0.2, 0) is 11.2 Å². The number of hydrogen-bond acceptors (Lipinski definition) is 3. The van der Waals surface area contributed by atoms with Gasteiger partial charge in [0.1, 0.15) is 0 Å². The molecular weight excluding hydrogens is 237 g/mol. The molecule has 1 aliphatic heterocycles. The Morgan fingerprint density at radius 1 is 1.56 bits per heavy atom. The number of benzene rings is 1. The number of carbonyl (C=O) groups excluding carboxylic acids is 1. The van der Waals surface area contributed by atoms with E-state index in [1.165, 1.54) is 19.2 Å². The van der Waals surface area contributed by atoms with Gasteiger partial charge in [0.25, 0.3) is 0 Å². The Labute approximate surface area is 105 Å². The SMILES string of the molecule is COc1ccc(CC(=O)N2CC(C)(O)C2)cc1F. The minimum Gasteiger partial charge on any atom is -0.494 e. The summed E-state index contributed by atoms with van der Waals surface area (Å²) in [7, 11) is 1.39. The maximum Gasteiger partial charge on any atom is 0.227 e. The molecule has 1 N–H and O–H groups in total. The molecule has 0 aromatic heterocycles. The fraction of sp³-hybridized carbons (Fsp3) is 0.462. The van der Waals surface area contributed by atoms with Crippen molar-refractivity contribution in [1.29, 1.82) is 0 Å². The second-order valence-electron chi connectivity index (χ2n) is 4.89. The lowest BCUT2D eigenvalue weighted by molar-refractivity contribution is -0.151. The molecule has 0 spiro atoms. The average Bonchev–Trinajstić information content (AvgIpc) is 2.26. The standard InChI is InChI=1S/C13H16FNO3/c1-13(17)7-15(8-13)12(16)6-9-3-4-11(18-2)10(14)5-9/h3-5,17H,6-8H2,1-2H3. The Hall–Kier alpha value is -1.62. The van der Waals surface area contributed by atoms with Crippen molar-refractivity contribution in [3.8, 4) is 5.75 Å². The third-order valence-electron chi connectivity index (χ3n) is 2.99. The van der Waals surface area contributed by atoms with Crippen LogP contribution in [0.3, 0.4) is 0 Å². The second-order valence-corrected chi connectivity index (χ2v) is 4.89. The van der Waals surface area contributed by atoms with Gasteiger partial charge in [-0.15, -0.1) is 0 Å². The number of halogens is 1. The van der Waals surface area contributed by atoms with Crippen LogP contribution in [0.5, 0.6) is 5.75 Å². The number of likely N-dealkylation sites (tertiary alicyclic amines) is 1. The first-order valence-corrected chi connectivity index (χ1v) is 5.74. The lowest BCUT2D eigenvalue weighted by Gasteiger charge is -2.44. The van der Waals surface area contributed by atoms with E-state index in [2.05, 4.69) is 0 Å². The van der Waals surface area contributed by atoms with Gasteiger partial charge in [-0.1, -0.05) is 6.07 Å². The number of hydrogen-bond donors (Lipinski definition) is 1. The van der Waals surface area contributed by atoms with E-state index < -0.39 is 11.4 Å². The van der Waals surface area contributed by atoms with E-state index in [0.29, 0.717) is 18.7 Å². The van der Waals surface area contributed by atoms with Gasteiger partial charge in [-0.2, -0.15) is 0 Å². The monoisotopic (exact) mass is 253 g/mol. The number of nitrogens with zero attached hydrogens (tertiary/aromatic N) is 1. The predicted molar refractivity (Wildman–Crippen MR) is 63.9 cm³/mol. The molecule has 0 atom stereocenters. The van der Waals surface area contributed by atoms with E-state index in [-0.39, 0.29) is 18.1 Å². The molecule has 18 heavy (non-hydrogen) atoms. The van der Waals surface area contributed by atoms with E-state index in [0.717, 1.165) is 0 Å². The molecule has 1 aromatic carbocycles. The molecule has 0 aliphatic carbocycles. The van der Waals surface area contributed by atoms with Gasteiger partial charge in [0, 0.05) is 0 Å². The first kappa shape index (κ1) is 12.8. The highest BCUT2D eigenvalue weighted by Gasteiger charge is 2.39. The van der Waals surface area contributed by atoms with Crippen LogP contribution in [-0.4, -0.2) is 41.7 Å². The second kappa shape index (κ2) is 4.57. The van der Waals surface area contributed by atoms with E-state index >= 15 is 0 Å². The largest absolute Gasteiger partial charge is 0.494 e. The summed E-state index contributed by atoms with van der Waals surface area (Å²) in [5.74, 6) is -0.414. The highest BCUT2D eigenvalue weighted by Crippen LogP contribution is 2.22. The number of β-amino-alcohol motifs (C(OH)–C–C–N with tert-alkyl or cyclic N) is 1. The third kappa shape index (κ3) is 2.61. The zero-order valence-electron chi connectivity index (χ0n) is 10.4. The third-order valence-corrected chi connectivity index (χ3v) is 2.99. The number of amides is 1.